The van der Waals surface area contributed by atoms with Gasteiger partial charge in [-0.25, -0.2) is 16.8 Å². The lowest BCUT2D eigenvalue weighted by Crippen LogP contribution is -2.40. The molecule has 2 heterocycles. The molecule has 0 aromatic heterocycles. The van der Waals surface area contributed by atoms with Crippen LogP contribution in [0.15, 0.2) is 52.3 Å². The molecule has 2 aromatic carbocycles. The van der Waals surface area contributed by atoms with Gasteiger partial charge in [0, 0.05) is 31.9 Å². The van der Waals surface area contributed by atoms with Gasteiger partial charge in [-0.2, -0.15) is 4.31 Å². The normalized spacial score (nSPS) is 17.7. The summed E-state index contributed by atoms with van der Waals surface area (Å²) in [7, 11) is -6.26. The molecule has 2 aliphatic rings. The second-order valence-corrected chi connectivity index (χ2v) is 12.0. The molecule has 2 fully saturated rings. The van der Waals surface area contributed by atoms with E-state index < -0.39 is 20.0 Å². The number of nitrogens with one attached hydrogen (secondary N) is 1. The lowest BCUT2D eigenvalue weighted by Gasteiger charge is -2.27. The number of hydrogen-bond donors (Lipinski definition) is 1. The molecule has 35 heavy (non-hydrogen) atoms. The van der Waals surface area contributed by atoms with Crippen molar-refractivity contribution >= 4 is 31.6 Å². The van der Waals surface area contributed by atoms with E-state index in [0.717, 1.165) is 19.3 Å². The van der Waals surface area contributed by atoms with E-state index in [0.29, 0.717) is 39.4 Å². The zero-order valence-corrected chi connectivity index (χ0v) is 21.1. The van der Waals surface area contributed by atoms with Crippen LogP contribution in [0.3, 0.4) is 0 Å². The molecular formula is C23H29N3O7S2. The second-order valence-electron chi connectivity index (χ2n) is 8.36. The minimum atomic E-state index is -4.05. The second kappa shape index (κ2) is 10.5. The van der Waals surface area contributed by atoms with Crippen LogP contribution >= 0.6 is 0 Å². The van der Waals surface area contributed by atoms with Gasteiger partial charge >= 0.3 is 0 Å². The van der Waals surface area contributed by atoms with Crippen molar-refractivity contribution in [3.63, 3.8) is 0 Å². The quantitative estimate of drug-likeness (QED) is 0.590. The monoisotopic (exact) mass is 523 g/mol. The predicted octanol–water partition coefficient (Wildman–Crippen LogP) is 2.14. The van der Waals surface area contributed by atoms with E-state index in [4.69, 9.17) is 9.47 Å². The minimum Gasteiger partial charge on any atom is -0.496 e. The summed E-state index contributed by atoms with van der Waals surface area (Å²) in [5, 5.41) is 0. The summed E-state index contributed by atoms with van der Waals surface area (Å²) in [6.45, 7) is 2.61. The van der Waals surface area contributed by atoms with E-state index in [1.54, 1.807) is 4.90 Å². The molecule has 2 aliphatic heterocycles. The van der Waals surface area contributed by atoms with E-state index in [2.05, 4.69) is 4.72 Å². The first-order chi connectivity index (χ1) is 16.7. The number of rotatable bonds is 7. The van der Waals surface area contributed by atoms with Crippen molar-refractivity contribution < 1.29 is 31.1 Å². The zero-order valence-electron chi connectivity index (χ0n) is 19.5. The van der Waals surface area contributed by atoms with E-state index >= 15 is 0 Å². The van der Waals surface area contributed by atoms with Crippen molar-refractivity contribution in [3.8, 4) is 5.75 Å². The van der Waals surface area contributed by atoms with Gasteiger partial charge in [0.05, 0.1) is 35.7 Å². The third-order valence-corrected chi connectivity index (χ3v) is 9.36. The number of ether oxygens (including phenoxy) is 2. The molecule has 2 saturated heterocycles. The Kier molecular flexibility index (Phi) is 7.64. The summed E-state index contributed by atoms with van der Waals surface area (Å²) in [4.78, 5) is 14.6. The number of hydrogen-bond acceptors (Lipinski definition) is 7. The molecule has 1 amide bonds. The summed E-state index contributed by atoms with van der Waals surface area (Å²) in [5.41, 5.74) is 0.347. The fourth-order valence-corrected chi connectivity index (χ4v) is 6.72. The number of morpholine rings is 1. The third kappa shape index (κ3) is 5.61. The summed E-state index contributed by atoms with van der Waals surface area (Å²) in [5.74, 6) is -0.0674. The summed E-state index contributed by atoms with van der Waals surface area (Å²) >= 11 is 0. The lowest BCUT2D eigenvalue weighted by atomic mass is 10.1. The SMILES string of the molecule is COc1ccc(S(=O)(=O)Nc2ccc(S(=O)(=O)N3CCCCC3)cc2)cc1C(=O)N1CCOCC1. The average molecular weight is 524 g/mol. The molecule has 4 rings (SSSR count). The molecule has 2 aromatic rings. The Balaban J connectivity index is 1.54. The molecule has 0 aliphatic carbocycles. The summed E-state index contributed by atoms with van der Waals surface area (Å²) in [6.07, 6.45) is 2.67. The number of nitrogens with zero attached hydrogens (tertiary/aromatic N) is 2. The fraction of sp³-hybridized carbons (Fsp3) is 0.435. The first-order valence-corrected chi connectivity index (χ1v) is 14.3. The molecule has 0 radical (unpaired) electrons. The van der Waals surface area contributed by atoms with Gasteiger partial charge in [-0.15, -0.1) is 0 Å². The molecule has 0 atom stereocenters. The highest BCUT2D eigenvalue weighted by Gasteiger charge is 2.27. The highest BCUT2D eigenvalue weighted by atomic mass is 32.2. The van der Waals surface area contributed by atoms with Gasteiger partial charge in [-0.1, -0.05) is 6.42 Å². The van der Waals surface area contributed by atoms with Gasteiger partial charge < -0.3 is 14.4 Å². The number of carbonyl (C=O) groups excluding carboxylic acids is 1. The number of sulfonamides is 2. The first-order valence-electron chi connectivity index (χ1n) is 11.4. The number of piperidine rings is 1. The van der Waals surface area contributed by atoms with Gasteiger partial charge in [0.2, 0.25) is 10.0 Å². The standard InChI is InChI=1S/C23H29N3O7S2/c1-32-22-10-9-20(17-21(22)23(27)25-13-15-33-16-14-25)34(28,29)24-18-5-7-19(8-6-18)35(30,31)26-11-3-2-4-12-26/h5-10,17,24H,2-4,11-16H2,1H3. The van der Waals surface area contributed by atoms with Gasteiger partial charge in [-0.05, 0) is 55.3 Å². The van der Waals surface area contributed by atoms with E-state index in [1.165, 1.54) is 53.9 Å². The Morgan fingerprint density at radius 2 is 1.51 bits per heavy atom. The van der Waals surface area contributed by atoms with Gasteiger partial charge in [-0.3, -0.25) is 9.52 Å². The number of carbonyl (C=O) groups is 1. The highest BCUT2D eigenvalue weighted by molar-refractivity contribution is 7.92. The predicted molar refractivity (Wildman–Crippen MR) is 130 cm³/mol. The first kappa shape index (κ1) is 25.4. The maximum atomic E-state index is 13.1. The number of anilines is 1. The highest BCUT2D eigenvalue weighted by Crippen LogP contribution is 2.27. The molecule has 1 N–H and O–H groups in total. The van der Waals surface area contributed by atoms with E-state index in [9.17, 15) is 21.6 Å². The molecule has 10 nitrogen and oxygen atoms in total. The molecule has 0 saturated carbocycles. The van der Waals surface area contributed by atoms with E-state index in [-0.39, 0.29) is 32.7 Å². The average Bonchev–Trinajstić information content (AvgIpc) is 2.89. The number of amides is 1. The van der Waals surface area contributed by atoms with Crippen LogP contribution in [0, 0.1) is 0 Å². The van der Waals surface area contributed by atoms with Crippen LogP contribution in [0.1, 0.15) is 29.6 Å². The van der Waals surface area contributed by atoms with E-state index in [1.807, 2.05) is 0 Å². The van der Waals surface area contributed by atoms with Crippen LogP contribution in [0.2, 0.25) is 0 Å². The van der Waals surface area contributed by atoms with Crippen LogP contribution in [0.5, 0.6) is 5.75 Å². The van der Waals surface area contributed by atoms with Crippen LogP contribution in [-0.2, 0) is 24.8 Å². The maximum absolute atomic E-state index is 13.1. The van der Waals surface area contributed by atoms with Crippen LogP contribution in [0.25, 0.3) is 0 Å². The van der Waals surface area contributed by atoms with Gasteiger partial charge in [0.15, 0.2) is 0 Å². The topological polar surface area (TPSA) is 122 Å². The third-order valence-electron chi connectivity index (χ3n) is 6.07. The smallest absolute Gasteiger partial charge is 0.261 e. The van der Waals surface area contributed by atoms with Crippen LogP contribution in [-0.4, -0.2) is 78.5 Å². The van der Waals surface area contributed by atoms with Crippen molar-refractivity contribution in [1.29, 1.82) is 0 Å². The molecular weight excluding hydrogens is 494 g/mol. The largest absolute Gasteiger partial charge is 0.496 e. The number of methoxy groups -OCH3 is 1. The summed E-state index contributed by atoms with van der Waals surface area (Å²) in [6, 6.07) is 9.69. The maximum Gasteiger partial charge on any atom is 0.261 e. The Labute approximate surface area is 205 Å². The molecule has 12 heteroatoms. The molecule has 0 bridgehead atoms. The Morgan fingerprint density at radius 1 is 0.886 bits per heavy atom. The molecule has 0 spiro atoms. The Bertz CT molecular complexity index is 1270. The lowest BCUT2D eigenvalue weighted by molar-refractivity contribution is 0.0300. The number of benzene rings is 2. The minimum absolute atomic E-state index is 0.111. The molecule has 0 unspecified atom stereocenters. The van der Waals surface area contributed by atoms with Crippen LogP contribution in [0.4, 0.5) is 5.69 Å². The fourth-order valence-electron chi connectivity index (χ4n) is 4.12. The molecule has 190 valence electrons. The van der Waals surface area contributed by atoms with Crippen molar-refractivity contribution in [2.45, 2.75) is 29.1 Å². The van der Waals surface area contributed by atoms with Crippen LogP contribution < -0.4 is 9.46 Å². The van der Waals surface area contributed by atoms with Crippen molar-refractivity contribution in [3.05, 3.63) is 48.0 Å². The zero-order chi connectivity index (χ0) is 25.1. The Hall–Kier alpha value is -2.67. The van der Waals surface area contributed by atoms with Gasteiger partial charge in [0.1, 0.15) is 5.75 Å². The van der Waals surface area contributed by atoms with Crippen molar-refractivity contribution in [1.82, 2.24) is 9.21 Å². The van der Waals surface area contributed by atoms with Crippen molar-refractivity contribution in [2.24, 2.45) is 0 Å². The summed E-state index contributed by atoms with van der Waals surface area (Å²) < 4.78 is 66.2. The Morgan fingerprint density at radius 3 is 2.14 bits per heavy atom. The van der Waals surface area contributed by atoms with Crippen molar-refractivity contribution in [2.75, 3.05) is 51.2 Å². The van der Waals surface area contributed by atoms with Gasteiger partial charge in [0.25, 0.3) is 15.9 Å².